The highest BCUT2D eigenvalue weighted by Gasteiger charge is 2.09. The SMILES string of the molecule is COc1ccc(CC(=O)OCC(=O)NCCc2ccc(Cl)cc2Cl)cc1. The lowest BCUT2D eigenvalue weighted by atomic mass is 10.1. The largest absolute Gasteiger partial charge is 0.497 e. The van der Waals surface area contributed by atoms with Crippen molar-refractivity contribution < 1.29 is 19.1 Å². The summed E-state index contributed by atoms with van der Waals surface area (Å²) in [5.41, 5.74) is 1.67. The second-order valence-electron chi connectivity index (χ2n) is 5.52. The lowest BCUT2D eigenvalue weighted by Gasteiger charge is -2.08. The van der Waals surface area contributed by atoms with Gasteiger partial charge in [-0.2, -0.15) is 0 Å². The summed E-state index contributed by atoms with van der Waals surface area (Å²) in [5, 5.41) is 3.80. The molecule has 2 rings (SSSR count). The van der Waals surface area contributed by atoms with Gasteiger partial charge in [0.2, 0.25) is 0 Å². The van der Waals surface area contributed by atoms with Crippen molar-refractivity contribution in [3.63, 3.8) is 0 Å². The summed E-state index contributed by atoms with van der Waals surface area (Å²) in [6, 6.07) is 12.3. The molecule has 26 heavy (non-hydrogen) atoms. The minimum absolute atomic E-state index is 0.0949. The number of nitrogens with one attached hydrogen (secondary N) is 1. The van der Waals surface area contributed by atoms with Gasteiger partial charge in [-0.05, 0) is 41.8 Å². The summed E-state index contributed by atoms with van der Waals surface area (Å²) in [6.07, 6.45) is 0.652. The first kappa shape index (κ1) is 20.1. The number of rotatable bonds is 8. The Kier molecular flexibility index (Phi) is 7.75. The van der Waals surface area contributed by atoms with E-state index in [9.17, 15) is 9.59 Å². The van der Waals surface area contributed by atoms with E-state index in [0.717, 1.165) is 11.1 Å². The molecule has 0 aromatic heterocycles. The zero-order chi connectivity index (χ0) is 18.9. The van der Waals surface area contributed by atoms with Crippen LogP contribution in [0.2, 0.25) is 10.0 Å². The highest BCUT2D eigenvalue weighted by molar-refractivity contribution is 6.35. The molecule has 0 bridgehead atoms. The molecule has 0 spiro atoms. The highest BCUT2D eigenvalue weighted by Crippen LogP contribution is 2.21. The lowest BCUT2D eigenvalue weighted by Crippen LogP contribution is -2.30. The van der Waals surface area contributed by atoms with Crippen molar-refractivity contribution in [2.45, 2.75) is 12.8 Å². The summed E-state index contributed by atoms with van der Waals surface area (Å²) in [6.45, 7) is 0.0690. The summed E-state index contributed by atoms with van der Waals surface area (Å²) < 4.78 is 10.0. The Morgan fingerprint density at radius 2 is 1.81 bits per heavy atom. The van der Waals surface area contributed by atoms with Gasteiger partial charge in [0.1, 0.15) is 5.75 Å². The van der Waals surface area contributed by atoms with E-state index >= 15 is 0 Å². The zero-order valence-corrected chi connectivity index (χ0v) is 15.8. The molecule has 0 aliphatic rings. The van der Waals surface area contributed by atoms with Gasteiger partial charge >= 0.3 is 5.97 Å². The monoisotopic (exact) mass is 395 g/mol. The Bertz CT molecular complexity index is 763. The topological polar surface area (TPSA) is 64.6 Å². The van der Waals surface area contributed by atoms with E-state index in [4.69, 9.17) is 32.7 Å². The predicted octanol–water partition coefficient (Wildman–Crippen LogP) is 3.45. The van der Waals surface area contributed by atoms with Gasteiger partial charge < -0.3 is 14.8 Å². The maximum Gasteiger partial charge on any atom is 0.310 e. The van der Waals surface area contributed by atoms with Gasteiger partial charge in [0.05, 0.1) is 13.5 Å². The first-order chi connectivity index (χ1) is 12.5. The zero-order valence-electron chi connectivity index (χ0n) is 14.3. The van der Waals surface area contributed by atoms with Crippen molar-refractivity contribution in [2.24, 2.45) is 0 Å². The summed E-state index contributed by atoms with van der Waals surface area (Å²) in [7, 11) is 1.57. The molecule has 138 valence electrons. The smallest absolute Gasteiger partial charge is 0.310 e. The Morgan fingerprint density at radius 3 is 2.46 bits per heavy atom. The molecule has 2 aromatic carbocycles. The molecule has 0 saturated heterocycles. The van der Waals surface area contributed by atoms with E-state index in [1.165, 1.54) is 0 Å². The average Bonchev–Trinajstić information content (AvgIpc) is 2.62. The van der Waals surface area contributed by atoms with Crippen LogP contribution in [0.15, 0.2) is 42.5 Å². The van der Waals surface area contributed by atoms with Crippen LogP contribution >= 0.6 is 23.2 Å². The molecule has 0 aliphatic heterocycles. The second kappa shape index (κ2) is 10.0. The summed E-state index contributed by atoms with van der Waals surface area (Å²) in [5.74, 6) is -0.119. The van der Waals surface area contributed by atoms with E-state index in [0.29, 0.717) is 28.8 Å². The van der Waals surface area contributed by atoms with Crippen molar-refractivity contribution in [3.8, 4) is 5.75 Å². The molecule has 0 atom stereocenters. The number of esters is 1. The number of hydrogen-bond acceptors (Lipinski definition) is 4. The first-order valence-electron chi connectivity index (χ1n) is 7.97. The van der Waals surface area contributed by atoms with Crippen molar-refractivity contribution in [3.05, 3.63) is 63.6 Å². The summed E-state index contributed by atoms with van der Waals surface area (Å²) >= 11 is 11.9. The standard InChI is InChI=1S/C19H19Cl2NO4/c1-25-16-6-2-13(3-7-16)10-19(24)26-12-18(23)22-9-8-14-4-5-15(20)11-17(14)21/h2-7,11H,8-10,12H2,1H3,(H,22,23). The molecular formula is C19H19Cl2NO4. The van der Waals surface area contributed by atoms with E-state index in [1.807, 2.05) is 6.07 Å². The fourth-order valence-corrected chi connectivity index (χ4v) is 2.72. The summed E-state index contributed by atoms with van der Waals surface area (Å²) in [4.78, 5) is 23.5. The number of carbonyl (C=O) groups is 2. The van der Waals surface area contributed by atoms with Crippen molar-refractivity contribution in [1.29, 1.82) is 0 Å². The lowest BCUT2D eigenvalue weighted by molar-refractivity contribution is -0.147. The number of benzene rings is 2. The highest BCUT2D eigenvalue weighted by atomic mass is 35.5. The van der Waals surface area contributed by atoms with E-state index < -0.39 is 5.97 Å². The van der Waals surface area contributed by atoms with Crippen LogP contribution in [0.25, 0.3) is 0 Å². The van der Waals surface area contributed by atoms with E-state index in [-0.39, 0.29) is 18.9 Å². The van der Waals surface area contributed by atoms with E-state index in [2.05, 4.69) is 5.32 Å². The van der Waals surface area contributed by atoms with Crippen LogP contribution in [0.5, 0.6) is 5.75 Å². The number of ether oxygens (including phenoxy) is 2. The molecule has 0 unspecified atom stereocenters. The van der Waals surface area contributed by atoms with Crippen molar-refractivity contribution >= 4 is 35.1 Å². The molecule has 0 fully saturated rings. The van der Waals surface area contributed by atoms with Crippen LogP contribution in [-0.4, -0.2) is 32.1 Å². The number of carbonyl (C=O) groups excluding carboxylic acids is 2. The van der Waals surface area contributed by atoms with Gasteiger partial charge in [0.15, 0.2) is 6.61 Å². The third-order valence-electron chi connectivity index (χ3n) is 3.60. The molecule has 0 saturated carbocycles. The maximum absolute atomic E-state index is 11.8. The number of amides is 1. The van der Waals surface area contributed by atoms with Gasteiger partial charge in [-0.25, -0.2) is 0 Å². The Balaban J connectivity index is 1.68. The fraction of sp³-hybridized carbons (Fsp3) is 0.263. The number of halogens is 2. The minimum atomic E-state index is -0.467. The molecular weight excluding hydrogens is 377 g/mol. The Morgan fingerprint density at radius 1 is 1.08 bits per heavy atom. The van der Waals surface area contributed by atoms with Crippen LogP contribution < -0.4 is 10.1 Å². The third kappa shape index (κ3) is 6.58. The number of hydrogen-bond donors (Lipinski definition) is 1. The first-order valence-corrected chi connectivity index (χ1v) is 8.72. The maximum atomic E-state index is 11.8. The van der Waals surface area contributed by atoms with Gasteiger partial charge in [0, 0.05) is 16.6 Å². The van der Waals surface area contributed by atoms with Gasteiger partial charge in [-0.3, -0.25) is 9.59 Å². The van der Waals surface area contributed by atoms with Crippen molar-refractivity contribution in [2.75, 3.05) is 20.3 Å². The normalized spacial score (nSPS) is 10.3. The molecule has 0 heterocycles. The average molecular weight is 396 g/mol. The molecule has 0 radical (unpaired) electrons. The van der Waals surface area contributed by atoms with Crippen LogP contribution in [0.4, 0.5) is 0 Å². The van der Waals surface area contributed by atoms with Crippen LogP contribution in [0, 0.1) is 0 Å². The second-order valence-corrected chi connectivity index (χ2v) is 6.36. The molecule has 1 amide bonds. The molecule has 2 aromatic rings. The quantitative estimate of drug-likeness (QED) is 0.695. The molecule has 0 aliphatic carbocycles. The van der Waals surface area contributed by atoms with Crippen LogP contribution in [0.3, 0.4) is 0 Å². The molecule has 7 heteroatoms. The Labute approximate surface area is 162 Å². The van der Waals surface area contributed by atoms with Crippen LogP contribution in [-0.2, 0) is 27.2 Å². The van der Waals surface area contributed by atoms with E-state index in [1.54, 1.807) is 43.5 Å². The predicted molar refractivity (Wildman–Crippen MR) is 101 cm³/mol. The number of methoxy groups -OCH3 is 1. The van der Waals surface area contributed by atoms with Gasteiger partial charge in [0.25, 0.3) is 5.91 Å². The molecule has 5 nitrogen and oxygen atoms in total. The van der Waals surface area contributed by atoms with Gasteiger partial charge in [-0.1, -0.05) is 41.4 Å². The van der Waals surface area contributed by atoms with Crippen LogP contribution in [0.1, 0.15) is 11.1 Å². The third-order valence-corrected chi connectivity index (χ3v) is 4.19. The molecule has 1 N–H and O–H groups in total. The fourth-order valence-electron chi connectivity index (χ4n) is 2.22. The minimum Gasteiger partial charge on any atom is -0.497 e. The van der Waals surface area contributed by atoms with Gasteiger partial charge in [-0.15, -0.1) is 0 Å². The van der Waals surface area contributed by atoms with Crippen molar-refractivity contribution in [1.82, 2.24) is 5.32 Å². The Hall–Kier alpha value is -2.24.